The van der Waals surface area contributed by atoms with E-state index in [0.717, 1.165) is 5.56 Å². The molecule has 2 aromatic rings. The number of nitrogens with one attached hydrogen (secondary N) is 1. The van der Waals surface area contributed by atoms with Crippen LogP contribution in [0.2, 0.25) is 0 Å². The van der Waals surface area contributed by atoms with Crippen molar-refractivity contribution in [1.29, 1.82) is 0 Å². The summed E-state index contributed by atoms with van der Waals surface area (Å²) in [5.74, 6) is 0.280. The second-order valence-corrected chi connectivity index (χ2v) is 6.84. The van der Waals surface area contributed by atoms with Crippen LogP contribution in [0.3, 0.4) is 0 Å². The van der Waals surface area contributed by atoms with E-state index >= 15 is 0 Å². The fraction of sp³-hybridized carbons (Fsp3) is 0.316. The minimum Gasteiger partial charge on any atom is -0.483 e. The average Bonchev–Trinajstić information content (AvgIpc) is 2.54. The number of para-hydroxylation sites is 1. The SMILES string of the molecule is Cc1ccc(NC(=O)COc2ccccc2C(C)(C)C)cc1[N+](=O)[O-]. The van der Waals surface area contributed by atoms with Gasteiger partial charge in [-0.3, -0.25) is 14.9 Å². The zero-order valence-corrected chi connectivity index (χ0v) is 14.8. The van der Waals surface area contributed by atoms with Crippen LogP contribution in [0.5, 0.6) is 5.75 Å². The number of anilines is 1. The van der Waals surface area contributed by atoms with Crippen LogP contribution in [0.25, 0.3) is 0 Å². The van der Waals surface area contributed by atoms with E-state index in [1.54, 1.807) is 19.1 Å². The Bertz CT molecular complexity index is 794. The Hall–Kier alpha value is -2.89. The van der Waals surface area contributed by atoms with Crippen molar-refractivity contribution in [3.8, 4) is 5.75 Å². The van der Waals surface area contributed by atoms with E-state index in [9.17, 15) is 14.9 Å². The van der Waals surface area contributed by atoms with E-state index in [0.29, 0.717) is 17.0 Å². The lowest BCUT2D eigenvalue weighted by molar-refractivity contribution is -0.385. The minimum atomic E-state index is -0.471. The topological polar surface area (TPSA) is 81.5 Å². The summed E-state index contributed by atoms with van der Waals surface area (Å²) >= 11 is 0. The molecule has 0 bridgehead atoms. The Kier molecular flexibility index (Phi) is 5.41. The van der Waals surface area contributed by atoms with E-state index in [2.05, 4.69) is 26.1 Å². The fourth-order valence-corrected chi connectivity index (χ4v) is 2.44. The summed E-state index contributed by atoms with van der Waals surface area (Å²) in [5, 5.41) is 13.6. The van der Waals surface area contributed by atoms with Gasteiger partial charge in [-0.2, -0.15) is 0 Å². The monoisotopic (exact) mass is 342 g/mol. The first-order valence-corrected chi connectivity index (χ1v) is 7.95. The van der Waals surface area contributed by atoms with Crippen molar-refractivity contribution in [3.63, 3.8) is 0 Å². The van der Waals surface area contributed by atoms with Gasteiger partial charge in [0, 0.05) is 17.3 Å². The number of nitro benzene ring substituents is 1. The first kappa shape index (κ1) is 18.4. The van der Waals surface area contributed by atoms with E-state index < -0.39 is 4.92 Å². The quantitative estimate of drug-likeness (QED) is 0.651. The van der Waals surface area contributed by atoms with Gasteiger partial charge in [0.1, 0.15) is 5.75 Å². The number of hydrogen-bond acceptors (Lipinski definition) is 4. The second-order valence-electron chi connectivity index (χ2n) is 6.84. The van der Waals surface area contributed by atoms with Gasteiger partial charge in [0.25, 0.3) is 11.6 Å². The Morgan fingerprint density at radius 3 is 2.52 bits per heavy atom. The summed E-state index contributed by atoms with van der Waals surface area (Å²) in [6.45, 7) is 7.69. The number of carbonyl (C=O) groups excluding carboxylic acids is 1. The number of benzene rings is 2. The standard InChI is InChI=1S/C19H22N2O4/c1-13-9-10-14(11-16(13)21(23)24)20-18(22)12-25-17-8-6-5-7-15(17)19(2,3)4/h5-11H,12H2,1-4H3,(H,20,22). The number of nitro groups is 1. The van der Waals surface area contributed by atoms with Gasteiger partial charge in [0.2, 0.25) is 0 Å². The van der Waals surface area contributed by atoms with Gasteiger partial charge in [-0.05, 0) is 30.0 Å². The molecule has 0 saturated carbocycles. The Labute approximate surface area is 147 Å². The molecule has 0 fully saturated rings. The predicted molar refractivity (Wildman–Crippen MR) is 97.1 cm³/mol. The van der Waals surface area contributed by atoms with Gasteiger partial charge in [0.15, 0.2) is 6.61 Å². The van der Waals surface area contributed by atoms with Gasteiger partial charge < -0.3 is 10.1 Å². The summed E-state index contributed by atoms with van der Waals surface area (Å²) in [6, 6.07) is 12.1. The second kappa shape index (κ2) is 7.34. The highest BCUT2D eigenvalue weighted by atomic mass is 16.6. The van der Waals surface area contributed by atoms with Crippen molar-refractivity contribution in [2.75, 3.05) is 11.9 Å². The summed E-state index contributed by atoms with van der Waals surface area (Å²) in [4.78, 5) is 22.6. The molecule has 0 spiro atoms. The van der Waals surface area contributed by atoms with Crippen LogP contribution < -0.4 is 10.1 Å². The Balaban J connectivity index is 2.05. The first-order valence-electron chi connectivity index (χ1n) is 7.95. The van der Waals surface area contributed by atoms with Crippen LogP contribution in [0.1, 0.15) is 31.9 Å². The molecule has 0 radical (unpaired) electrons. The van der Waals surface area contributed by atoms with Gasteiger partial charge in [-0.25, -0.2) is 0 Å². The van der Waals surface area contributed by atoms with Gasteiger partial charge in [-0.15, -0.1) is 0 Å². The molecule has 1 amide bonds. The van der Waals surface area contributed by atoms with Gasteiger partial charge in [0.05, 0.1) is 4.92 Å². The van der Waals surface area contributed by atoms with Crippen molar-refractivity contribution < 1.29 is 14.5 Å². The molecule has 0 aliphatic rings. The van der Waals surface area contributed by atoms with Crippen molar-refractivity contribution in [2.24, 2.45) is 0 Å². The number of nitrogens with zero attached hydrogens (tertiary/aromatic N) is 1. The van der Waals surface area contributed by atoms with Crippen LogP contribution in [0.4, 0.5) is 11.4 Å². The molecule has 0 aliphatic carbocycles. The smallest absolute Gasteiger partial charge is 0.274 e. The van der Waals surface area contributed by atoms with Crippen LogP contribution in [0.15, 0.2) is 42.5 Å². The molecule has 0 saturated heterocycles. The van der Waals surface area contributed by atoms with Crippen LogP contribution >= 0.6 is 0 Å². The molecular weight excluding hydrogens is 320 g/mol. The van der Waals surface area contributed by atoms with E-state index in [4.69, 9.17) is 4.74 Å². The zero-order chi connectivity index (χ0) is 18.6. The van der Waals surface area contributed by atoms with Gasteiger partial charge in [-0.1, -0.05) is 45.0 Å². The van der Waals surface area contributed by atoms with Crippen LogP contribution in [-0.2, 0) is 10.2 Å². The molecular formula is C19H22N2O4. The Morgan fingerprint density at radius 2 is 1.88 bits per heavy atom. The first-order chi connectivity index (χ1) is 11.7. The van der Waals surface area contributed by atoms with Gasteiger partial charge >= 0.3 is 0 Å². The lowest BCUT2D eigenvalue weighted by atomic mass is 9.86. The fourth-order valence-electron chi connectivity index (χ4n) is 2.44. The summed E-state index contributed by atoms with van der Waals surface area (Å²) < 4.78 is 5.65. The molecule has 132 valence electrons. The lowest BCUT2D eigenvalue weighted by Gasteiger charge is -2.22. The number of ether oxygens (including phenoxy) is 1. The van der Waals surface area contributed by atoms with E-state index in [1.165, 1.54) is 6.07 Å². The molecule has 25 heavy (non-hydrogen) atoms. The van der Waals surface area contributed by atoms with Crippen molar-refractivity contribution >= 4 is 17.3 Å². The summed E-state index contributed by atoms with van der Waals surface area (Å²) in [6.07, 6.45) is 0. The molecule has 1 N–H and O–H groups in total. The molecule has 6 heteroatoms. The number of aryl methyl sites for hydroxylation is 1. The lowest BCUT2D eigenvalue weighted by Crippen LogP contribution is -2.22. The van der Waals surface area contributed by atoms with Crippen LogP contribution in [0, 0.1) is 17.0 Å². The predicted octanol–water partition coefficient (Wildman–Crippen LogP) is 4.22. The number of hydrogen-bond donors (Lipinski definition) is 1. The number of amides is 1. The summed E-state index contributed by atoms with van der Waals surface area (Å²) in [7, 11) is 0. The third-order valence-electron chi connectivity index (χ3n) is 3.74. The molecule has 0 heterocycles. The van der Waals surface area contributed by atoms with Crippen LogP contribution in [-0.4, -0.2) is 17.4 Å². The third-order valence-corrected chi connectivity index (χ3v) is 3.74. The molecule has 2 aromatic carbocycles. The van der Waals surface area contributed by atoms with E-state index in [1.807, 2.05) is 24.3 Å². The highest BCUT2D eigenvalue weighted by Gasteiger charge is 2.19. The zero-order valence-electron chi connectivity index (χ0n) is 14.8. The minimum absolute atomic E-state index is 0.0307. The van der Waals surface area contributed by atoms with E-state index in [-0.39, 0.29) is 23.6 Å². The number of rotatable bonds is 5. The highest BCUT2D eigenvalue weighted by Crippen LogP contribution is 2.31. The highest BCUT2D eigenvalue weighted by molar-refractivity contribution is 5.92. The van der Waals surface area contributed by atoms with Crippen molar-refractivity contribution in [2.45, 2.75) is 33.1 Å². The summed E-state index contributed by atoms with van der Waals surface area (Å²) in [5.41, 5.74) is 1.78. The average molecular weight is 342 g/mol. The molecule has 0 aromatic heterocycles. The molecule has 0 unspecified atom stereocenters. The molecule has 6 nitrogen and oxygen atoms in total. The molecule has 2 rings (SSSR count). The largest absolute Gasteiger partial charge is 0.483 e. The van der Waals surface area contributed by atoms with Crippen molar-refractivity contribution in [3.05, 3.63) is 63.7 Å². The number of carbonyl (C=O) groups is 1. The maximum atomic E-state index is 12.1. The maximum Gasteiger partial charge on any atom is 0.274 e. The third kappa shape index (κ3) is 4.79. The molecule has 0 aliphatic heterocycles. The Morgan fingerprint density at radius 1 is 1.20 bits per heavy atom. The normalized spacial score (nSPS) is 11.0. The van der Waals surface area contributed by atoms with Crippen molar-refractivity contribution in [1.82, 2.24) is 0 Å². The maximum absolute atomic E-state index is 12.1. The molecule has 0 atom stereocenters.